The largest absolute Gasteiger partial charge is 0.478 e. The number of aromatic carboxylic acids is 1. The molecule has 0 aliphatic rings. The van der Waals surface area contributed by atoms with Crippen LogP contribution < -0.4 is 14.8 Å². The van der Waals surface area contributed by atoms with E-state index in [0.717, 1.165) is 0 Å². The van der Waals surface area contributed by atoms with Crippen LogP contribution in [0.3, 0.4) is 0 Å². The number of nitrogens with one attached hydrogen (secondary N) is 1. The number of hydrogen-bond donors (Lipinski definition) is 2. The Morgan fingerprint density at radius 1 is 0.871 bits per heavy atom. The molecule has 3 aromatic carbocycles. The zero-order valence-electron chi connectivity index (χ0n) is 16.6. The highest BCUT2D eigenvalue weighted by Gasteiger charge is 2.13. The Kier molecular flexibility index (Phi) is 6.80. The van der Waals surface area contributed by atoms with Gasteiger partial charge in [-0.2, -0.15) is 0 Å². The molecule has 0 unspecified atom stereocenters. The van der Waals surface area contributed by atoms with Crippen LogP contribution in [0.25, 0.3) is 6.08 Å². The number of carboxylic acid groups (broad SMARTS) is 1. The zero-order valence-corrected chi connectivity index (χ0v) is 16.6. The Morgan fingerprint density at radius 2 is 1.55 bits per heavy atom. The molecular weight excluding hydrogens is 398 g/mol. The number of benzene rings is 3. The van der Waals surface area contributed by atoms with Crippen molar-refractivity contribution >= 4 is 29.6 Å². The zero-order chi connectivity index (χ0) is 22.2. The van der Waals surface area contributed by atoms with Crippen LogP contribution in [0.4, 0.5) is 5.69 Å². The number of rotatable bonds is 7. The fraction of sp³-hybridized carbons (Fsp3) is 0.0417. The van der Waals surface area contributed by atoms with Crippen molar-refractivity contribution in [3.63, 3.8) is 0 Å². The molecule has 0 fully saturated rings. The molecule has 0 saturated heterocycles. The minimum absolute atomic E-state index is 0.0621. The van der Waals surface area contributed by atoms with Crippen LogP contribution in [0.2, 0.25) is 0 Å². The summed E-state index contributed by atoms with van der Waals surface area (Å²) in [6.07, 6.45) is 2.83. The second-order valence-corrected chi connectivity index (χ2v) is 6.41. The molecule has 7 heteroatoms. The number of carbonyl (C=O) groups is 3. The third kappa shape index (κ3) is 6.30. The molecule has 0 saturated carbocycles. The molecular formula is C24H19NO6. The molecule has 0 atom stereocenters. The molecule has 156 valence electrons. The van der Waals surface area contributed by atoms with E-state index in [2.05, 4.69) is 5.32 Å². The smallest absolute Gasteiger partial charge is 0.337 e. The van der Waals surface area contributed by atoms with Crippen LogP contribution in [-0.2, 0) is 9.59 Å². The third-order valence-corrected chi connectivity index (χ3v) is 4.03. The van der Waals surface area contributed by atoms with Gasteiger partial charge in [0.2, 0.25) is 5.91 Å². The van der Waals surface area contributed by atoms with Gasteiger partial charge >= 0.3 is 11.9 Å². The Balaban J connectivity index is 1.72. The van der Waals surface area contributed by atoms with Crippen LogP contribution >= 0.6 is 0 Å². The molecule has 31 heavy (non-hydrogen) atoms. The summed E-state index contributed by atoms with van der Waals surface area (Å²) in [4.78, 5) is 34.8. The standard InChI is InChI=1S/C24H19NO6/c1-16(26)30-19-10-7-17(8-11-19)9-14-23(27)25-22-15-20(12-13-21(22)24(28)29)31-18-5-3-2-4-6-18/h2-15H,1H3,(H,25,27)(H,28,29). The van der Waals surface area contributed by atoms with E-state index in [1.807, 2.05) is 18.2 Å². The van der Waals surface area contributed by atoms with E-state index in [9.17, 15) is 19.5 Å². The summed E-state index contributed by atoms with van der Waals surface area (Å²) in [5.74, 6) is -0.739. The SMILES string of the molecule is CC(=O)Oc1ccc(C=CC(=O)Nc2cc(Oc3ccccc3)ccc2C(=O)O)cc1. The van der Waals surface area contributed by atoms with E-state index < -0.39 is 17.8 Å². The van der Waals surface area contributed by atoms with Gasteiger partial charge in [-0.25, -0.2) is 4.79 Å². The molecule has 3 aromatic rings. The highest BCUT2D eigenvalue weighted by atomic mass is 16.5. The molecule has 0 aromatic heterocycles. The second-order valence-electron chi connectivity index (χ2n) is 6.41. The van der Waals surface area contributed by atoms with Gasteiger partial charge in [-0.15, -0.1) is 0 Å². The molecule has 7 nitrogen and oxygen atoms in total. The number of ether oxygens (including phenoxy) is 2. The molecule has 3 rings (SSSR count). The lowest BCUT2D eigenvalue weighted by molar-refractivity contribution is -0.131. The summed E-state index contributed by atoms with van der Waals surface area (Å²) >= 11 is 0. The number of esters is 1. The van der Waals surface area contributed by atoms with Gasteiger partial charge in [0.1, 0.15) is 17.2 Å². The van der Waals surface area contributed by atoms with E-state index in [1.54, 1.807) is 42.5 Å². The summed E-state index contributed by atoms with van der Waals surface area (Å²) in [6, 6.07) is 19.9. The third-order valence-electron chi connectivity index (χ3n) is 4.03. The van der Waals surface area contributed by atoms with Crippen molar-refractivity contribution in [2.45, 2.75) is 6.92 Å². The maximum Gasteiger partial charge on any atom is 0.337 e. The molecule has 0 heterocycles. The topological polar surface area (TPSA) is 102 Å². The Labute approximate surface area is 178 Å². The van der Waals surface area contributed by atoms with Gasteiger partial charge in [0.15, 0.2) is 0 Å². The minimum atomic E-state index is -1.17. The molecule has 0 aliphatic carbocycles. The van der Waals surface area contributed by atoms with Crippen LogP contribution in [0.1, 0.15) is 22.8 Å². The van der Waals surface area contributed by atoms with Gasteiger partial charge in [-0.05, 0) is 48.0 Å². The van der Waals surface area contributed by atoms with Crippen LogP contribution in [0.5, 0.6) is 17.2 Å². The summed E-state index contributed by atoms with van der Waals surface area (Å²) in [5.41, 5.74) is 0.749. The first-order valence-electron chi connectivity index (χ1n) is 9.28. The first-order chi connectivity index (χ1) is 14.9. The van der Waals surface area contributed by atoms with Crippen molar-refractivity contribution in [1.82, 2.24) is 0 Å². The summed E-state index contributed by atoms with van der Waals surface area (Å²) in [7, 11) is 0. The van der Waals surface area contributed by atoms with Gasteiger partial charge in [-0.3, -0.25) is 9.59 Å². The lowest BCUT2D eigenvalue weighted by atomic mass is 10.1. The first kappa shape index (κ1) is 21.3. The van der Waals surface area contributed by atoms with Crippen molar-refractivity contribution in [2.75, 3.05) is 5.32 Å². The van der Waals surface area contributed by atoms with Crippen LogP contribution in [0.15, 0.2) is 78.9 Å². The first-order valence-corrected chi connectivity index (χ1v) is 9.28. The fourth-order valence-corrected chi connectivity index (χ4v) is 2.66. The van der Waals surface area contributed by atoms with Crippen LogP contribution in [0, 0.1) is 0 Å². The van der Waals surface area contributed by atoms with Crippen molar-refractivity contribution in [3.8, 4) is 17.2 Å². The average molecular weight is 417 g/mol. The molecule has 0 radical (unpaired) electrons. The van der Waals surface area contributed by atoms with E-state index in [-0.39, 0.29) is 11.3 Å². The monoisotopic (exact) mass is 417 g/mol. The van der Waals surface area contributed by atoms with Crippen molar-refractivity contribution in [1.29, 1.82) is 0 Å². The van der Waals surface area contributed by atoms with Gasteiger partial charge in [0.25, 0.3) is 0 Å². The number of para-hydroxylation sites is 1. The number of carbonyl (C=O) groups excluding carboxylic acids is 2. The lowest BCUT2D eigenvalue weighted by Gasteiger charge is -2.11. The maximum atomic E-state index is 12.3. The molecule has 1 amide bonds. The fourth-order valence-electron chi connectivity index (χ4n) is 2.66. The lowest BCUT2D eigenvalue weighted by Crippen LogP contribution is -2.12. The minimum Gasteiger partial charge on any atom is -0.478 e. The van der Waals surface area contributed by atoms with Crippen LogP contribution in [-0.4, -0.2) is 23.0 Å². The summed E-state index contributed by atoms with van der Waals surface area (Å²) in [5, 5.41) is 12.0. The maximum absolute atomic E-state index is 12.3. The van der Waals surface area contributed by atoms with E-state index in [0.29, 0.717) is 22.8 Å². The van der Waals surface area contributed by atoms with E-state index in [4.69, 9.17) is 9.47 Å². The predicted molar refractivity (Wildman–Crippen MR) is 115 cm³/mol. The summed E-state index contributed by atoms with van der Waals surface area (Å²) in [6.45, 7) is 1.31. The van der Waals surface area contributed by atoms with Gasteiger partial charge < -0.3 is 19.9 Å². The Bertz CT molecular complexity index is 1120. The number of carboxylic acids is 1. The van der Waals surface area contributed by atoms with E-state index in [1.165, 1.54) is 31.2 Å². The molecule has 0 spiro atoms. The van der Waals surface area contributed by atoms with Gasteiger partial charge in [-0.1, -0.05) is 30.3 Å². The number of anilines is 1. The highest BCUT2D eigenvalue weighted by molar-refractivity contribution is 6.06. The number of amides is 1. The number of hydrogen-bond acceptors (Lipinski definition) is 5. The Hall–Kier alpha value is -4.39. The second kappa shape index (κ2) is 9.89. The highest BCUT2D eigenvalue weighted by Crippen LogP contribution is 2.27. The van der Waals surface area contributed by atoms with Crippen molar-refractivity contribution in [3.05, 3.63) is 90.0 Å². The van der Waals surface area contributed by atoms with Gasteiger partial charge in [0, 0.05) is 19.1 Å². The quantitative estimate of drug-likeness (QED) is 0.327. The van der Waals surface area contributed by atoms with E-state index >= 15 is 0 Å². The van der Waals surface area contributed by atoms with Gasteiger partial charge in [0.05, 0.1) is 11.3 Å². The Morgan fingerprint density at radius 3 is 2.19 bits per heavy atom. The molecule has 0 bridgehead atoms. The predicted octanol–water partition coefficient (Wildman–Crippen LogP) is 4.75. The molecule has 2 N–H and O–H groups in total. The van der Waals surface area contributed by atoms with Crippen molar-refractivity contribution < 1.29 is 29.0 Å². The normalized spacial score (nSPS) is 10.5. The summed E-state index contributed by atoms with van der Waals surface area (Å²) < 4.78 is 10.7. The van der Waals surface area contributed by atoms with Crippen molar-refractivity contribution in [2.24, 2.45) is 0 Å². The molecule has 0 aliphatic heterocycles. The average Bonchev–Trinajstić information content (AvgIpc) is 2.73.